The molecule has 0 heterocycles. The fraction of sp³-hybridized carbons (Fsp3) is 0.812. The summed E-state index contributed by atoms with van der Waals surface area (Å²) in [5.74, 6) is -1.63. The Bertz CT molecular complexity index is 340. The largest absolute Gasteiger partial charge is 0.409 e. The molecule has 0 aromatic heterocycles. The van der Waals surface area contributed by atoms with Crippen molar-refractivity contribution >= 4 is 5.91 Å². The Balaban J connectivity index is 4.01. The molecule has 0 radical (unpaired) electrons. The van der Waals surface area contributed by atoms with Crippen LogP contribution in [0.15, 0.2) is 11.9 Å². The number of rotatable bonds is 11. The molecule has 0 saturated carbocycles. The van der Waals surface area contributed by atoms with E-state index < -0.39 is 30.4 Å². The van der Waals surface area contributed by atoms with E-state index in [2.05, 4.69) is 6.92 Å². The van der Waals surface area contributed by atoms with Gasteiger partial charge in [-0.05, 0) is 12.8 Å². The average Bonchev–Trinajstić information content (AvgIpc) is 2.39. The van der Waals surface area contributed by atoms with Gasteiger partial charge in [-0.25, -0.2) is 4.39 Å². The Morgan fingerprint density at radius 2 is 1.64 bits per heavy atom. The molecule has 0 fully saturated rings. The van der Waals surface area contributed by atoms with Crippen LogP contribution < -0.4 is 5.32 Å². The first-order chi connectivity index (χ1) is 10.3. The molecule has 1 amide bonds. The normalized spacial score (nSPS) is 14.0. The molecule has 130 valence electrons. The number of carbonyl (C=O) groups excluding carboxylic acids is 1. The molecule has 0 aliphatic heterocycles. The van der Waals surface area contributed by atoms with E-state index in [-0.39, 0.29) is 0 Å². The second-order valence-electron chi connectivity index (χ2n) is 5.56. The standard InChI is InChI=1S/C16H27F4NO/c1-3-4-5-6-7-8-9-10-11-14(17)12-15(16(18,19)20)21-13(2)22/h11,15H,3-10,12H2,1-2H3,(H,21,22)/b14-11-. The Kier molecular flexibility index (Phi) is 10.9. The molecule has 1 N–H and O–H groups in total. The van der Waals surface area contributed by atoms with Crippen LogP contribution in [-0.4, -0.2) is 18.1 Å². The molecule has 1 atom stereocenters. The molecule has 0 spiro atoms. The molecule has 6 heteroatoms. The van der Waals surface area contributed by atoms with Crippen molar-refractivity contribution in [3.05, 3.63) is 11.9 Å². The highest BCUT2D eigenvalue weighted by Gasteiger charge is 2.40. The number of hydrogen-bond donors (Lipinski definition) is 1. The highest BCUT2D eigenvalue weighted by Crippen LogP contribution is 2.25. The Morgan fingerprint density at radius 1 is 1.09 bits per heavy atom. The predicted molar refractivity (Wildman–Crippen MR) is 80.1 cm³/mol. The maximum atomic E-state index is 13.5. The molecule has 22 heavy (non-hydrogen) atoms. The summed E-state index contributed by atoms with van der Waals surface area (Å²) >= 11 is 0. The van der Waals surface area contributed by atoms with E-state index in [1.165, 1.54) is 25.3 Å². The van der Waals surface area contributed by atoms with E-state index in [0.29, 0.717) is 6.42 Å². The van der Waals surface area contributed by atoms with Crippen LogP contribution >= 0.6 is 0 Å². The second-order valence-corrected chi connectivity index (χ2v) is 5.56. The SMILES string of the molecule is CCCCCCCCC/C=C(\F)CC(NC(C)=O)C(F)(F)F. The van der Waals surface area contributed by atoms with Crippen LogP contribution in [-0.2, 0) is 4.79 Å². The zero-order valence-corrected chi connectivity index (χ0v) is 13.4. The summed E-state index contributed by atoms with van der Waals surface area (Å²) in [5.41, 5.74) is 0. The third kappa shape index (κ3) is 11.6. The van der Waals surface area contributed by atoms with E-state index in [1.807, 2.05) is 0 Å². The van der Waals surface area contributed by atoms with Crippen molar-refractivity contribution < 1.29 is 22.4 Å². The maximum absolute atomic E-state index is 13.5. The number of allylic oxidation sites excluding steroid dienone is 1. The van der Waals surface area contributed by atoms with Gasteiger partial charge in [0, 0.05) is 13.3 Å². The molecule has 0 aromatic carbocycles. The van der Waals surface area contributed by atoms with Gasteiger partial charge in [-0.1, -0.05) is 51.5 Å². The Hall–Kier alpha value is -1.07. The lowest BCUT2D eigenvalue weighted by atomic mass is 10.1. The quantitative estimate of drug-likeness (QED) is 0.398. The van der Waals surface area contributed by atoms with Crippen LogP contribution in [0.3, 0.4) is 0 Å². The number of carbonyl (C=O) groups is 1. The molecule has 0 aliphatic carbocycles. The lowest BCUT2D eigenvalue weighted by Gasteiger charge is -2.20. The fourth-order valence-corrected chi connectivity index (χ4v) is 2.13. The van der Waals surface area contributed by atoms with E-state index in [1.54, 1.807) is 5.32 Å². The first-order valence-corrected chi connectivity index (χ1v) is 7.95. The monoisotopic (exact) mass is 325 g/mol. The van der Waals surface area contributed by atoms with Crippen molar-refractivity contribution in [2.24, 2.45) is 0 Å². The van der Waals surface area contributed by atoms with Gasteiger partial charge in [0.25, 0.3) is 0 Å². The van der Waals surface area contributed by atoms with Gasteiger partial charge in [-0.2, -0.15) is 13.2 Å². The zero-order chi connectivity index (χ0) is 17.0. The summed E-state index contributed by atoms with van der Waals surface area (Å²) in [6, 6.07) is -2.16. The Labute approximate surface area is 130 Å². The summed E-state index contributed by atoms with van der Waals surface area (Å²) in [5, 5.41) is 1.74. The molecule has 2 nitrogen and oxygen atoms in total. The first kappa shape index (κ1) is 20.9. The van der Waals surface area contributed by atoms with Crippen molar-refractivity contribution in [2.75, 3.05) is 0 Å². The fourth-order valence-electron chi connectivity index (χ4n) is 2.13. The van der Waals surface area contributed by atoms with Crippen molar-refractivity contribution in [3.63, 3.8) is 0 Å². The van der Waals surface area contributed by atoms with Crippen LogP contribution in [0.25, 0.3) is 0 Å². The summed E-state index contributed by atoms with van der Waals surface area (Å²) < 4.78 is 51.4. The van der Waals surface area contributed by atoms with Gasteiger partial charge in [0.15, 0.2) is 0 Å². The summed E-state index contributed by atoms with van der Waals surface area (Å²) in [4.78, 5) is 10.7. The number of halogens is 4. The minimum absolute atomic E-state index is 0.435. The van der Waals surface area contributed by atoms with E-state index in [0.717, 1.165) is 32.6 Å². The van der Waals surface area contributed by atoms with Crippen LogP contribution in [0.2, 0.25) is 0 Å². The lowest BCUT2D eigenvalue weighted by molar-refractivity contribution is -0.161. The minimum atomic E-state index is -4.64. The number of alkyl halides is 3. The van der Waals surface area contributed by atoms with Crippen molar-refractivity contribution in [2.45, 2.75) is 83.9 Å². The molecule has 0 saturated heterocycles. The van der Waals surface area contributed by atoms with Crippen LogP contribution in [0.4, 0.5) is 17.6 Å². The summed E-state index contributed by atoms with van der Waals surface area (Å²) in [7, 11) is 0. The molecule has 0 aliphatic rings. The van der Waals surface area contributed by atoms with E-state index in [9.17, 15) is 22.4 Å². The van der Waals surface area contributed by atoms with E-state index >= 15 is 0 Å². The number of unbranched alkanes of at least 4 members (excludes halogenated alkanes) is 7. The van der Waals surface area contributed by atoms with Crippen LogP contribution in [0.5, 0.6) is 0 Å². The molecular weight excluding hydrogens is 298 g/mol. The maximum Gasteiger partial charge on any atom is 0.409 e. The molecule has 0 aromatic rings. The minimum Gasteiger partial charge on any atom is -0.344 e. The molecule has 0 bridgehead atoms. The predicted octanol–water partition coefficient (Wildman–Crippen LogP) is 5.44. The van der Waals surface area contributed by atoms with Gasteiger partial charge in [0.05, 0.1) is 5.83 Å². The molecule has 1 unspecified atom stereocenters. The van der Waals surface area contributed by atoms with Crippen LogP contribution in [0, 0.1) is 0 Å². The van der Waals surface area contributed by atoms with Crippen molar-refractivity contribution in [1.29, 1.82) is 0 Å². The van der Waals surface area contributed by atoms with Crippen molar-refractivity contribution in [1.82, 2.24) is 5.32 Å². The molecular formula is C16H27F4NO. The lowest BCUT2D eigenvalue weighted by Crippen LogP contribution is -2.44. The molecule has 0 rings (SSSR count). The van der Waals surface area contributed by atoms with Gasteiger partial charge < -0.3 is 5.32 Å². The average molecular weight is 325 g/mol. The van der Waals surface area contributed by atoms with Gasteiger partial charge in [-0.3, -0.25) is 4.79 Å². The van der Waals surface area contributed by atoms with Gasteiger partial charge >= 0.3 is 6.18 Å². The van der Waals surface area contributed by atoms with Crippen LogP contribution in [0.1, 0.15) is 71.6 Å². The number of nitrogens with one attached hydrogen (secondary N) is 1. The smallest absolute Gasteiger partial charge is 0.344 e. The third-order valence-electron chi connectivity index (χ3n) is 3.35. The van der Waals surface area contributed by atoms with Gasteiger partial charge in [0.1, 0.15) is 6.04 Å². The van der Waals surface area contributed by atoms with Crippen molar-refractivity contribution in [3.8, 4) is 0 Å². The summed E-state index contributed by atoms with van der Waals surface area (Å²) in [6.45, 7) is 3.13. The second kappa shape index (κ2) is 11.5. The first-order valence-electron chi connectivity index (χ1n) is 7.95. The highest BCUT2D eigenvalue weighted by molar-refractivity contribution is 5.73. The van der Waals surface area contributed by atoms with E-state index in [4.69, 9.17) is 0 Å². The Morgan fingerprint density at radius 3 is 2.14 bits per heavy atom. The number of amides is 1. The third-order valence-corrected chi connectivity index (χ3v) is 3.35. The van der Waals surface area contributed by atoms with Gasteiger partial charge in [-0.15, -0.1) is 0 Å². The van der Waals surface area contributed by atoms with Gasteiger partial charge in [0.2, 0.25) is 5.91 Å². The highest BCUT2D eigenvalue weighted by atomic mass is 19.4. The zero-order valence-electron chi connectivity index (χ0n) is 13.4. The number of hydrogen-bond acceptors (Lipinski definition) is 1. The topological polar surface area (TPSA) is 29.1 Å². The summed E-state index contributed by atoms with van der Waals surface area (Å²) in [6.07, 6.45) is 3.72.